The molecule has 1 aliphatic heterocycles. The number of ether oxygens (including phenoxy) is 1. The molecule has 1 heterocycles. The molecule has 11 heteroatoms. The number of benzene rings is 3. The van der Waals surface area contributed by atoms with Crippen LogP contribution in [0.4, 0.5) is 11.4 Å². The molecule has 178 valence electrons. The Morgan fingerprint density at radius 3 is 2.12 bits per heavy atom. The lowest BCUT2D eigenvalue weighted by molar-refractivity contribution is 0.0730. The van der Waals surface area contributed by atoms with Crippen molar-refractivity contribution in [3.63, 3.8) is 0 Å². The summed E-state index contributed by atoms with van der Waals surface area (Å²) in [5.74, 6) is -0.527. The summed E-state index contributed by atoms with van der Waals surface area (Å²) in [6.45, 7) is 1.28. The minimum absolute atomic E-state index is 0.0593. The van der Waals surface area contributed by atoms with Crippen LogP contribution in [0.5, 0.6) is 0 Å². The van der Waals surface area contributed by atoms with Gasteiger partial charge < -0.3 is 10.1 Å². The van der Waals surface area contributed by atoms with E-state index in [-0.39, 0.29) is 15.4 Å². The van der Waals surface area contributed by atoms with Crippen molar-refractivity contribution in [1.29, 1.82) is 0 Å². The Balaban J connectivity index is 1.47. The molecule has 0 spiro atoms. The molecule has 0 radical (unpaired) electrons. The smallest absolute Gasteiger partial charge is 0.261 e. The number of hydrogen-bond acceptors (Lipinski definition) is 6. The van der Waals surface area contributed by atoms with Gasteiger partial charge in [-0.2, -0.15) is 4.31 Å². The number of para-hydroxylation sites is 1. The van der Waals surface area contributed by atoms with E-state index in [2.05, 4.69) is 10.0 Å². The number of morpholine rings is 1. The summed E-state index contributed by atoms with van der Waals surface area (Å²) >= 11 is 0. The molecule has 1 saturated heterocycles. The van der Waals surface area contributed by atoms with E-state index < -0.39 is 26.0 Å². The molecule has 0 saturated carbocycles. The molecule has 1 fully saturated rings. The van der Waals surface area contributed by atoms with E-state index in [1.165, 1.54) is 52.8 Å². The monoisotopic (exact) mass is 501 g/mol. The standard InChI is InChI=1S/C23H23N3O6S2/c27-23(18-5-4-8-22(17-18)33(28,29)25-20-6-2-1-3-7-20)24-19-9-11-21(12-10-19)34(30,31)26-13-15-32-16-14-26/h1-12,17,25H,13-16H2,(H,24,27). The normalized spacial score (nSPS) is 14.9. The van der Waals surface area contributed by atoms with Gasteiger partial charge in [0, 0.05) is 30.0 Å². The molecule has 0 bridgehead atoms. The Hall–Kier alpha value is -3.25. The van der Waals surface area contributed by atoms with Crippen LogP contribution in [0.15, 0.2) is 88.7 Å². The summed E-state index contributed by atoms with van der Waals surface area (Å²) in [6, 6.07) is 19.9. The van der Waals surface area contributed by atoms with Gasteiger partial charge in [-0.3, -0.25) is 9.52 Å². The lowest BCUT2D eigenvalue weighted by Gasteiger charge is -2.26. The predicted octanol–water partition coefficient (Wildman–Crippen LogP) is 2.76. The van der Waals surface area contributed by atoms with Gasteiger partial charge in [0.15, 0.2) is 0 Å². The van der Waals surface area contributed by atoms with Crippen LogP contribution in [0.25, 0.3) is 0 Å². The van der Waals surface area contributed by atoms with Crippen molar-refractivity contribution < 1.29 is 26.4 Å². The average molecular weight is 502 g/mol. The first-order valence-electron chi connectivity index (χ1n) is 10.4. The highest BCUT2D eigenvalue weighted by molar-refractivity contribution is 7.92. The van der Waals surface area contributed by atoms with Crippen LogP contribution in [0.3, 0.4) is 0 Å². The number of nitrogens with one attached hydrogen (secondary N) is 2. The molecule has 0 unspecified atom stereocenters. The molecule has 2 N–H and O–H groups in total. The van der Waals surface area contributed by atoms with Crippen LogP contribution in [-0.4, -0.2) is 53.4 Å². The number of amides is 1. The summed E-state index contributed by atoms with van der Waals surface area (Å²) in [4.78, 5) is 12.8. The van der Waals surface area contributed by atoms with Crippen molar-refractivity contribution in [3.05, 3.63) is 84.4 Å². The third kappa shape index (κ3) is 5.45. The van der Waals surface area contributed by atoms with E-state index in [1.54, 1.807) is 30.3 Å². The summed E-state index contributed by atoms with van der Waals surface area (Å²) < 4.78 is 59.8. The Morgan fingerprint density at radius 1 is 0.765 bits per heavy atom. The first kappa shape index (κ1) is 23.9. The largest absolute Gasteiger partial charge is 0.379 e. The number of carbonyl (C=O) groups excluding carboxylic acids is 1. The number of carbonyl (C=O) groups is 1. The highest BCUT2D eigenvalue weighted by Crippen LogP contribution is 2.21. The third-order valence-electron chi connectivity index (χ3n) is 5.15. The topological polar surface area (TPSA) is 122 Å². The second kappa shape index (κ2) is 9.94. The first-order valence-corrected chi connectivity index (χ1v) is 13.4. The zero-order valence-corrected chi connectivity index (χ0v) is 19.7. The van der Waals surface area contributed by atoms with Gasteiger partial charge in [-0.15, -0.1) is 0 Å². The molecule has 0 aliphatic carbocycles. The predicted molar refractivity (Wildman–Crippen MR) is 128 cm³/mol. The van der Waals surface area contributed by atoms with Crippen molar-refractivity contribution in [2.24, 2.45) is 0 Å². The minimum atomic E-state index is -3.89. The number of nitrogens with zero attached hydrogens (tertiary/aromatic N) is 1. The fourth-order valence-corrected chi connectivity index (χ4v) is 5.89. The van der Waals surface area contributed by atoms with Gasteiger partial charge in [-0.25, -0.2) is 16.8 Å². The molecule has 4 rings (SSSR count). The zero-order valence-electron chi connectivity index (χ0n) is 18.0. The lowest BCUT2D eigenvalue weighted by Crippen LogP contribution is -2.40. The molecular formula is C23H23N3O6S2. The van der Waals surface area contributed by atoms with Crippen LogP contribution < -0.4 is 10.0 Å². The van der Waals surface area contributed by atoms with Crippen molar-refractivity contribution in [2.45, 2.75) is 9.79 Å². The van der Waals surface area contributed by atoms with Crippen molar-refractivity contribution in [3.8, 4) is 0 Å². The molecule has 1 amide bonds. The number of rotatable bonds is 7. The fourth-order valence-electron chi connectivity index (χ4n) is 3.37. The van der Waals surface area contributed by atoms with Gasteiger partial charge in [0.25, 0.3) is 15.9 Å². The van der Waals surface area contributed by atoms with E-state index in [0.29, 0.717) is 37.7 Å². The van der Waals surface area contributed by atoms with Crippen LogP contribution in [0.1, 0.15) is 10.4 Å². The molecule has 0 aromatic heterocycles. The van der Waals surface area contributed by atoms with E-state index >= 15 is 0 Å². The molecule has 3 aromatic rings. The van der Waals surface area contributed by atoms with Gasteiger partial charge in [-0.05, 0) is 54.6 Å². The van der Waals surface area contributed by atoms with E-state index in [1.807, 2.05) is 0 Å². The molecule has 1 aliphatic rings. The molecule has 9 nitrogen and oxygen atoms in total. The molecular weight excluding hydrogens is 478 g/mol. The van der Waals surface area contributed by atoms with Crippen LogP contribution in [0, 0.1) is 0 Å². The van der Waals surface area contributed by atoms with E-state index in [0.717, 1.165) is 0 Å². The van der Waals surface area contributed by atoms with Gasteiger partial charge in [0.2, 0.25) is 10.0 Å². The number of anilines is 2. The van der Waals surface area contributed by atoms with Gasteiger partial charge >= 0.3 is 0 Å². The maximum Gasteiger partial charge on any atom is 0.261 e. The maximum absolute atomic E-state index is 12.7. The summed E-state index contributed by atoms with van der Waals surface area (Å²) in [5.41, 5.74) is 0.923. The molecule has 3 aromatic carbocycles. The summed E-state index contributed by atoms with van der Waals surface area (Å²) in [6.07, 6.45) is 0. The number of sulfonamides is 2. The minimum Gasteiger partial charge on any atom is -0.379 e. The third-order valence-corrected chi connectivity index (χ3v) is 8.44. The summed E-state index contributed by atoms with van der Waals surface area (Å²) in [5, 5.41) is 2.66. The van der Waals surface area contributed by atoms with Crippen molar-refractivity contribution in [1.82, 2.24) is 4.31 Å². The van der Waals surface area contributed by atoms with E-state index in [4.69, 9.17) is 4.74 Å². The van der Waals surface area contributed by atoms with Gasteiger partial charge in [0.1, 0.15) is 0 Å². The lowest BCUT2D eigenvalue weighted by atomic mass is 10.2. The Morgan fingerprint density at radius 2 is 1.44 bits per heavy atom. The van der Waals surface area contributed by atoms with Crippen LogP contribution >= 0.6 is 0 Å². The maximum atomic E-state index is 12.7. The van der Waals surface area contributed by atoms with Crippen molar-refractivity contribution >= 4 is 37.3 Å². The average Bonchev–Trinajstić information content (AvgIpc) is 2.85. The Bertz CT molecular complexity index is 1370. The van der Waals surface area contributed by atoms with E-state index in [9.17, 15) is 21.6 Å². The highest BCUT2D eigenvalue weighted by atomic mass is 32.2. The summed E-state index contributed by atoms with van der Waals surface area (Å²) in [7, 11) is -7.53. The zero-order chi connectivity index (χ0) is 24.2. The SMILES string of the molecule is O=C(Nc1ccc(S(=O)(=O)N2CCOCC2)cc1)c1cccc(S(=O)(=O)Nc2ccccc2)c1. The second-order valence-corrected chi connectivity index (χ2v) is 11.1. The van der Waals surface area contributed by atoms with Crippen LogP contribution in [-0.2, 0) is 24.8 Å². The highest BCUT2D eigenvalue weighted by Gasteiger charge is 2.26. The quantitative estimate of drug-likeness (QED) is 0.513. The van der Waals surface area contributed by atoms with Gasteiger partial charge in [-0.1, -0.05) is 24.3 Å². The number of hydrogen-bond donors (Lipinski definition) is 2. The van der Waals surface area contributed by atoms with Gasteiger partial charge in [0.05, 0.1) is 23.0 Å². The Labute approximate surface area is 198 Å². The van der Waals surface area contributed by atoms with Crippen LogP contribution in [0.2, 0.25) is 0 Å². The van der Waals surface area contributed by atoms with Crippen molar-refractivity contribution in [2.75, 3.05) is 36.3 Å². The molecule has 34 heavy (non-hydrogen) atoms. The Kier molecular flexibility index (Phi) is 6.98. The molecule has 0 atom stereocenters. The second-order valence-electron chi connectivity index (χ2n) is 7.49. The first-order chi connectivity index (χ1) is 16.3. The fraction of sp³-hybridized carbons (Fsp3) is 0.174.